The van der Waals surface area contributed by atoms with E-state index in [2.05, 4.69) is 15.0 Å². The summed E-state index contributed by atoms with van der Waals surface area (Å²) in [6.45, 7) is 11.8. The van der Waals surface area contributed by atoms with E-state index in [0.29, 0.717) is 18.5 Å². The topological polar surface area (TPSA) is 123 Å². The number of nitrogens with zero attached hydrogens (tertiary/aromatic N) is 1. The Hall–Kier alpha value is -2.74. The van der Waals surface area contributed by atoms with Crippen LogP contribution < -0.4 is 15.5 Å². The fourth-order valence-electron chi connectivity index (χ4n) is 3.93. The van der Waals surface area contributed by atoms with Crippen LogP contribution in [0.25, 0.3) is 0 Å². The second kappa shape index (κ2) is 12.2. The molecule has 39 heavy (non-hydrogen) atoms. The summed E-state index contributed by atoms with van der Waals surface area (Å²) >= 11 is 0. The van der Waals surface area contributed by atoms with Gasteiger partial charge < -0.3 is 24.1 Å². The van der Waals surface area contributed by atoms with Gasteiger partial charge in [-0.25, -0.2) is 18.0 Å². The summed E-state index contributed by atoms with van der Waals surface area (Å²) < 4.78 is 61.1. The first-order valence-electron chi connectivity index (χ1n) is 12.7. The standard InChI is InChI=1S/C26H35BF2N4O5S/c1-8-10-19(36-9-2)32-24-17(13-15(14-31-24)27-37-25(3,4)26(5,6)38-27)21(30)23(34)16-11-12-18(28)22(20(16)29)33-39(7)35/h11-14,19,30,33H,8-10H2,1-7H3,(H,31,32). The highest BCUT2D eigenvalue weighted by atomic mass is 32.2. The number of aromatic nitrogens is 1. The Kier molecular flexibility index (Phi) is 9.63. The molecule has 0 aliphatic carbocycles. The molecule has 1 aliphatic rings. The number of anilines is 2. The van der Waals surface area contributed by atoms with E-state index in [4.69, 9.17) is 19.5 Å². The Morgan fingerprint density at radius 1 is 1.18 bits per heavy atom. The van der Waals surface area contributed by atoms with Crippen molar-refractivity contribution in [2.45, 2.75) is 71.8 Å². The first kappa shape index (κ1) is 30.8. The number of hydrogen-bond acceptors (Lipinski definition) is 8. The van der Waals surface area contributed by atoms with Crippen molar-refractivity contribution < 1.29 is 31.8 Å². The van der Waals surface area contributed by atoms with Gasteiger partial charge in [0.1, 0.15) is 40.2 Å². The Bertz CT molecular complexity index is 1260. The van der Waals surface area contributed by atoms with Crippen LogP contribution in [0.3, 0.4) is 0 Å². The summed E-state index contributed by atoms with van der Waals surface area (Å²) in [5.41, 5.74) is -2.63. The van der Waals surface area contributed by atoms with Gasteiger partial charge in [-0.2, -0.15) is 0 Å². The smallest absolute Gasteiger partial charge is 0.399 e. The van der Waals surface area contributed by atoms with Gasteiger partial charge in [0, 0.05) is 30.1 Å². The molecule has 13 heteroatoms. The maximum atomic E-state index is 15.2. The van der Waals surface area contributed by atoms with Crippen molar-refractivity contribution in [2.24, 2.45) is 0 Å². The quantitative estimate of drug-likeness (QED) is 0.153. The van der Waals surface area contributed by atoms with Crippen LogP contribution in [0.2, 0.25) is 0 Å². The number of rotatable bonds is 12. The lowest BCUT2D eigenvalue weighted by molar-refractivity contribution is 0.00578. The SMILES string of the molecule is CCCC(Nc1ncc(B2OC(C)(C)C(C)(C)O2)cc1C(=N)C(=O)c1ccc(F)c(NS(C)=O)c1F)OCC. The minimum Gasteiger partial charge on any atom is -0.399 e. The van der Waals surface area contributed by atoms with Crippen LogP contribution in [0.4, 0.5) is 20.3 Å². The van der Waals surface area contributed by atoms with Gasteiger partial charge in [-0.1, -0.05) is 13.3 Å². The number of nitrogens with one attached hydrogen (secondary N) is 3. The van der Waals surface area contributed by atoms with E-state index in [9.17, 15) is 13.4 Å². The zero-order valence-electron chi connectivity index (χ0n) is 23.2. The molecule has 9 nitrogen and oxygen atoms in total. The van der Waals surface area contributed by atoms with Gasteiger partial charge in [0.25, 0.3) is 0 Å². The zero-order valence-corrected chi connectivity index (χ0v) is 24.1. The van der Waals surface area contributed by atoms with Crippen LogP contribution in [0.1, 0.15) is 70.3 Å². The largest absolute Gasteiger partial charge is 0.496 e. The van der Waals surface area contributed by atoms with Gasteiger partial charge >= 0.3 is 7.12 Å². The van der Waals surface area contributed by atoms with Crippen molar-refractivity contribution in [1.29, 1.82) is 5.41 Å². The molecular formula is C26H35BF2N4O5S. The van der Waals surface area contributed by atoms with Gasteiger partial charge in [0.2, 0.25) is 5.78 Å². The molecule has 0 spiro atoms. The number of carbonyl (C=O) groups excluding carboxylic acids is 1. The number of benzene rings is 1. The second-order valence-electron chi connectivity index (χ2n) is 10.2. The normalized spacial score (nSPS) is 17.5. The van der Waals surface area contributed by atoms with Crippen molar-refractivity contribution in [3.05, 3.63) is 47.2 Å². The molecule has 1 saturated heterocycles. The molecule has 1 fully saturated rings. The molecule has 2 aromatic rings. The van der Waals surface area contributed by atoms with Crippen LogP contribution >= 0.6 is 0 Å². The van der Waals surface area contributed by atoms with Gasteiger partial charge in [-0.05, 0) is 59.2 Å². The molecule has 2 atom stereocenters. The highest BCUT2D eigenvalue weighted by Crippen LogP contribution is 2.36. The van der Waals surface area contributed by atoms with Crippen molar-refractivity contribution in [1.82, 2.24) is 4.98 Å². The van der Waals surface area contributed by atoms with Crippen molar-refractivity contribution >= 4 is 46.6 Å². The summed E-state index contributed by atoms with van der Waals surface area (Å²) in [4.78, 5) is 17.9. The Balaban J connectivity index is 2.07. The van der Waals surface area contributed by atoms with Gasteiger partial charge in [0.15, 0.2) is 5.82 Å². The van der Waals surface area contributed by atoms with E-state index < -0.39 is 69.9 Å². The first-order valence-corrected chi connectivity index (χ1v) is 14.2. The van der Waals surface area contributed by atoms with Gasteiger partial charge in [-0.3, -0.25) is 10.2 Å². The summed E-state index contributed by atoms with van der Waals surface area (Å²) in [5, 5.41) is 11.9. The van der Waals surface area contributed by atoms with Crippen molar-refractivity contribution in [2.75, 3.05) is 22.9 Å². The monoisotopic (exact) mass is 564 g/mol. The number of pyridine rings is 1. The molecule has 0 saturated carbocycles. The molecular weight excluding hydrogens is 529 g/mol. The summed E-state index contributed by atoms with van der Waals surface area (Å²) in [5.74, 6) is -3.10. The molecule has 212 valence electrons. The molecule has 0 amide bonds. The van der Waals surface area contributed by atoms with Crippen LogP contribution in [-0.4, -0.2) is 58.1 Å². The average Bonchev–Trinajstić information content (AvgIpc) is 3.08. The molecule has 0 bridgehead atoms. The number of Topliss-reactive ketones (excluding diaryl/α,β-unsaturated/α-hetero) is 1. The highest BCUT2D eigenvalue weighted by Gasteiger charge is 2.52. The highest BCUT2D eigenvalue weighted by molar-refractivity contribution is 7.85. The Morgan fingerprint density at radius 2 is 1.82 bits per heavy atom. The number of ether oxygens (including phenoxy) is 1. The molecule has 2 unspecified atom stereocenters. The molecule has 1 aromatic carbocycles. The lowest BCUT2D eigenvalue weighted by atomic mass is 9.79. The van der Waals surface area contributed by atoms with Crippen LogP contribution in [-0.2, 0) is 25.0 Å². The average molecular weight is 564 g/mol. The van der Waals surface area contributed by atoms with E-state index in [0.717, 1.165) is 18.6 Å². The number of carbonyl (C=O) groups is 1. The molecule has 0 radical (unpaired) electrons. The van der Waals surface area contributed by atoms with E-state index in [1.54, 1.807) is 0 Å². The number of hydrogen-bond donors (Lipinski definition) is 3. The van der Waals surface area contributed by atoms with E-state index in [-0.39, 0.29) is 11.4 Å². The summed E-state index contributed by atoms with van der Waals surface area (Å²) in [6.07, 6.45) is 3.70. The fraction of sp³-hybridized carbons (Fsp3) is 0.500. The Labute approximate surface area is 230 Å². The maximum Gasteiger partial charge on any atom is 0.496 e. The maximum absolute atomic E-state index is 15.2. The van der Waals surface area contributed by atoms with E-state index in [1.165, 1.54) is 18.5 Å². The minimum absolute atomic E-state index is 0.0605. The predicted molar refractivity (Wildman–Crippen MR) is 149 cm³/mol. The number of ketones is 1. The van der Waals surface area contributed by atoms with E-state index in [1.807, 2.05) is 41.5 Å². The molecule has 1 aromatic heterocycles. The first-order chi connectivity index (χ1) is 18.2. The van der Waals surface area contributed by atoms with E-state index >= 15 is 4.39 Å². The third-order valence-electron chi connectivity index (χ3n) is 6.73. The summed E-state index contributed by atoms with van der Waals surface area (Å²) in [6, 6.07) is 3.36. The molecule has 3 N–H and O–H groups in total. The second-order valence-corrected chi connectivity index (χ2v) is 11.3. The molecule has 2 heterocycles. The number of halogens is 2. The van der Waals surface area contributed by atoms with Crippen LogP contribution in [0, 0.1) is 17.0 Å². The molecule has 3 rings (SSSR count). The van der Waals surface area contributed by atoms with Crippen molar-refractivity contribution in [3.8, 4) is 0 Å². The third-order valence-corrected chi connectivity index (χ3v) is 7.22. The lowest BCUT2D eigenvalue weighted by Crippen LogP contribution is -2.41. The van der Waals surface area contributed by atoms with Crippen molar-refractivity contribution in [3.63, 3.8) is 0 Å². The van der Waals surface area contributed by atoms with Crippen LogP contribution in [0.15, 0.2) is 24.4 Å². The lowest BCUT2D eigenvalue weighted by Gasteiger charge is -2.32. The predicted octanol–water partition coefficient (Wildman–Crippen LogP) is 4.19. The zero-order chi connectivity index (χ0) is 29.1. The third kappa shape index (κ3) is 6.71. The van der Waals surface area contributed by atoms with Gasteiger partial charge in [-0.15, -0.1) is 0 Å². The Morgan fingerprint density at radius 3 is 2.38 bits per heavy atom. The van der Waals surface area contributed by atoms with Crippen LogP contribution in [0.5, 0.6) is 0 Å². The summed E-state index contributed by atoms with van der Waals surface area (Å²) in [7, 11) is -2.62. The molecule has 1 aliphatic heterocycles. The fourth-order valence-corrected chi connectivity index (χ4v) is 4.40. The van der Waals surface area contributed by atoms with Gasteiger partial charge in [0.05, 0.1) is 16.8 Å². The minimum atomic E-state index is -1.79.